The summed E-state index contributed by atoms with van der Waals surface area (Å²) in [6.07, 6.45) is 3.27. The van der Waals surface area contributed by atoms with Crippen molar-refractivity contribution >= 4 is 17.8 Å². The van der Waals surface area contributed by atoms with Crippen molar-refractivity contribution < 1.29 is 14.4 Å². The van der Waals surface area contributed by atoms with E-state index in [1.807, 2.05) is 49.1 Å². The Bertz CT molecular complexity index is 722. The van der Waals surface area contributed by atoms with E-state index in [2.05, 4.69) is 10.6 Å². The summed E-state index contributed by atoms with van der Waals surface area (Å²) >= 11 is 0. The topological polar surface area (TPSA) is 81.8 Å². The van der Waals surface area contributed by atoms with Crippen LogP contribution in [0.25, 0.3) is 0 Å². The van der Waals surface area contributed by atoms with Crippen LogP contribution < -0.4 is 10.6 Å². The number of nitrogens with zero attached hydrogens (tertiary/aromatic N) is 2. The molecule has 1 saturated heterocycles. The molecular weight excluding hydrogens is 368 g/mol. The van der Waals surface area contributed by atoms with Crippen LogP contribution in [0.1, 0.15) is 49.9 Å². The Kier molecular flexibility index (Phi) is 7.12. The van der Waals surface area contributed by atoms with Crippen molar-refractivity contribution in [2.75, 3.05) is 26.2 Å². The summed E-state index contributed by atoms with van der Waals surface area (Å²) in [5.41, 5.74) is 0.642. The lowest BCUT2D eigenvalue weighted by Gasteiger charge is -2.33. The van der Waals surface area contributed by atoms with Crippen LogP contribution in [-0.2, 0) is 4.79 Å². The van der Waals surface area contributed by atoms with Crippen LogP contribution in [0.3, 0.4) is 0 Å². The molecule has 1 heterocycles. The van der Waals surface area contributed by atoms with Crippen LogP contribution in [0, 0.1) is 5.92 Å². The van der Waals surface area contributed by atoms with Gasteiger partial charge in [-0.1, -0.05) is 24.6 Å². The van der Waals surface area contributed by atoms with E-state index in [1.54, 1.807) is 4.90 Å². The van der Waals surface area contributed by atoms with Gasteiger partial charge >= 0.3 is 6.03 Å². The Hall–Kier alpha value is -2.57. The molecule has 7 nitrogen and oxygen atoms in total. The van der Waals surface area contributed by atoms with Crippen LogP contribution >= 0.6 is 0 Å². The molecule has 2 aliphatic rings. The van der Waals surface area contributed by atoms with E-state index in [0.717, 1.165) is 19.3 Å². The molecule has 2 unspecified atom stereocenters. The standard InChI is InChI=1S/C22H32N4O3/c1-16(2)24-22(29)25-13-7-14-26(21(28)17-8-4-3-5-9-17)19-11-6-10-18(19)20(27)23-12-15-25/h3-5,8-9,16,18-19H,6-7,10-15H2,1-2H3,(H,23,27)(H,24,29). The predicted octanol–water partition coefficient (Wildman–Crippen LogP) is 2.24. The number of benzene rings is 1. The maximum absolute atomic E-state index is 13.3. The summed E-state index contributed by atoms with van der Waals surface area (Å²) in [5, 5.41) is 5.91. The van der Waals surface area contributed by atoms with Gasteiger partial charge in [-0.3, -0.25) is 9.59 Å². The highest BCUT2D eigenvalue weighted by Crippen LogP contribution is 2.31. The van der Waals surface area contributed by atoms with Crippen LogP contribution in [-0.4, -0.2) is 65.9 Å². The zero-order valence-electron chi connectivity index (χ0n) is 17.4. The van der Waals surface area contributed by atoms with Crippen molar-refractivity contribution in [3.63, 3.8) is 0 Å². The smallest absolute Gasteiger partial charge is 0.317 e. The molecule has 1 aromatic carbocycles. The molecule has 1 saturated carbocycles. The Morgan fingerprint density at radius 3 is 2.55 bits per heavy atom. The van der Waals surface area contributed by atoms with Crippen LogP contribution in [0.5, 0.6) is 0 Å². The summed E-state index contributed by atoms with van der Waals surface area (Å²) in [7, 11) is 0. The molecule has 2 atom stereocenters. The number of carbonyl (C=O) groups excluding carboxylic acids is 3. The molecule has 158 valence electrons. The lowest BCUT2D eigenvalue weighted by atomic mass is 9.99. The van der Waals surface area contributed by atoms with Gasteiger partial charge in [0.1, 0.15) is 0 Å². The van der Waals surface area contributed by atoms with Gasteiger partial charge in [0.15, 0.2) is 0 Å². The van der Waals surface area contributed by atoms with Gasteiger partial charge in [0, 0.05) is 43.8 Å². The van der Waals surface area contributed by atoms with E-state index < -0.39 is 0 Å². The average Bonchev–Trinajstić information content (AvgIpc) is 3.17. The lowest BCUT2D eigenvalue weighted by molar-refractivity contribution is -0.126. The van der Waals surface area contributed by atoms with Gasteiger partial charge in [-0.15, -0.1) is 0 Å². The number of hydrogen-bond donors (Lipinski definition) is 2. The highest BCUT2D eigenvalue weighted by molar-refractivity contribution is 5.95. The molecular formula is C22H32N4O3. The molecule has 0 bridgehead atoms. The molecule has 1 aromatic rings. The minimum Gasteiger partial charge on any atom is -0.354 e. The second-order valence-corrected chi connectivity index (χ2v) is 8.21. The molecule has 1 aliphatic heterocycles. The molecule has 0 radical (unpaired) electrons. The Labute approximate surface area is 172 Å². The molecule has 2 fully saturated rings. The van der Waals surface area contributed by atoms with Crippen molar-refractivity contribution in [2.45, 2.75) is 51.6 Å². The molecule has 1 aliphatic carbocycles. The SMILES string of the molecule is CC(C)NC(=O)N1CCCN(C(=O)c2ccccc2)C2CCCC2C(=O)NCC1. The number of hydrogen-bond acceptors (Lipinski definition) is 3. The van der Waals surface area contributed by atoms with E-state index in [1.165, 1.54) is 0 Å². The first-order valence-corrected chi connectivity index (χ1v) is 10.7. The third-order valence-corrected chi connectivity index (χ3v) is 5.71. The van der Waals surface area contributed by atoms with Crippen LogP contribution in [0.4, 0.5) is 4.79 Å². The van der Waals surface area contributed by atoms with E-state index in [4.69, 9.17) is 0 Å². The average molecular weight is 401 g/mol. The second-order valence-electron chi connectivity index (χ2n) is 8.21. The zero-order chi connectivity index (χ0) is 20.8. The highest BCUT2D eigenvalue weighted by atomic mass is 16.2. The molecule has 29 heavy (non-hydrogen) atoms. The van der Waals surface area contributed by atoms with Gasteiger partial charge in [-0.2, -0.15) is 0 Å². The molecule has 3 rings (SSSR count). The van der Waals surface area contributed by atoms with Gasteiger partial charge < -0.3 is 20.4 Å². The van der Waals surface area contributed by atoms with E-state index in [0.29, 0.717) is 38.2 Å². The van der Waals surface area contributed by atoms with Crippen molar-refractivity contribution in [3.05, 3.63) is 35.9 Å². The molecule has 0 spiro atoms. The van der Waals surface area contributed by atoms with Gasteiger partial charge in [-0.05, 0) is 45.2 Å². The van der Waals surface area contributed by atoms with Crippen molar-refractivity contribution in [1.82, 2.24) is 20.4 Å². The lowest BCUT2D eigenvalue weighted by Crippen LogP contribution is -2.47. The highest BCUT2D eigenvalue weighted by Gasteiger charge is 2.39. The summed E-state index contributed by atoms with van der Waals surface area (Å²) < 4.78 is 0. The molecule has 0 aromatic heterocycles. The fraction of sp³-hybridized carbons (Fsp3) is 0.591. The predicted molar refractivity (Wildman–Crippen MR) is 111 cm³/mol. The van der Waals surface area contributed by atoms with Gasteiger partial charge in [0.2, 0.25) is 5.91 Å². The number of carbonyl (C=O) groups is 3. The minimum atomic E-state index is -0.182. The zero-order valence-corrected chi connectivity index (χ0v) is 17.4. The molecule has 4 amide bonds. The molecule has 7 heteroatoms. The van der Waals surface area contributed by atoms with Gasteiger partial charge in [0.05, 0.1) is 5.92 Å². The third kappa shape index (κ3) is 5.28. The molecule has 2 N–H and O–H groups in total. The quantitative estimate of drug-likeness (QED) is 0.799. The van der Waals surface area contributed by atoms with Crippen molar-refractivity contribution in [3.8, 4) is 0 Å². The third-order valence-electron chi connectivity index (χ3n) is 5.71. The van der Waals surface area contributed by atoms with Gasteiger partial charge in [0.25, 0.3) is 5.91 Å². The first kappa shape index (κ1) is 21.1. The summed E-state index contributed by atoms with van der Waals surface area (Å²) in [5.74, 6) is -0.226. The van der Waals surface area contributed by atoms with E-state index in [9.17, 15) is 14.4 Å². The minimum absolute atomic E-state index is 0.00974. The monoisotopic (exact) mass is 400 g/mol. The summed E-state index contributed by atoms with van der Waals surface area (Å²) in [6.45, 7) is 5.83. The Morgan fingerprint density at radius 1 is 1.07 bits per heavy atom. The first-order chi connectivity index (χ1) is 14.0. The maximum atomic E-state index is 13.3. The number of rotatable bonds is 2. The summed E-state index contributed by atoms with van der Waals surface area (Å²) in [4.78, 5) is 42.2. The van der Waals surface area contributed by atoms with E-state index in [-0.39, 0.29) is 35.8 Å². The first-order valence-electron chi connectivity index (χ1n) is 10.7. The maximum Gasteiger partial charge on any atom is 0.317 e. The van der Waals surface area contributed by atoms with Crippen molar-refractivity contribution in [2.24, 2.45) is 5.92 Å². The van der Waals surface area contributed by atoms with Crippen molar-refractivity contribution in [1.29, 1.82) is 0 Å². The van der Waals surface area contributed by atoms with E-state index >= 15 is 0 Å². The summed E-state index contributed by atoms with van der Waals surface area (Å²) in [6, 6.07) is 9.08. The Morgan fingerprint density at radius 2 is 1.83 bits per heavy atom. The van der Waals surface area contributed by atoms with Crippen LogP contribution in [0.2, 0.25) is 0 Å². The number of fused-ring (bicyclic) bond motifs is 1. The number of urea groups is 1. The Balaban J connectivity index is 1.80. The van der Waals surface area contributed by atoms with Crippen LogP contribution in [0.15, 0.2) is 30.3 Å². The fourth-order valence-electron chi connectivity index (χ4n) is 4.31. The van der Waals surface area contributed by atoms with Gasteiger partial charge in [-0.25, -0.2) is 4.79 Å². The number of nitrogens with one attached hydrogen (secondary N) is 2. The largest absolute Gasteiger partial charge is 0.354 e. The fourth-order valence-corrected chi connectivity index (χ4v) is 4.31. The normalized spacial score (nSPS) is 23.2. The number of amides is 4. The second kappa shape index (κ2) is 9.76.